The van der Waals surface area contributed by atoms with E-state index in [4.69, 9.17) is 8.94 Å². The molecule has 0 radical (unpaired) electrons. The van der Waals surface area contributed by atoms with Crippen LogP contribution in [0.5, 0.6) is 0 Å². The van der Waals surface area contributed by atoms with Crippen LogP contribution in [-0.2, 0) is 0 Å². The molecular formula is C113H125N9O3S. The molecule has 0 aliphatic rings. The van der Waals surface area contributed by atoms with Crippen molar-refractivity contribution in [3.63, 3.8) is 0 Å². The number of hydrogen-bond donors (Lipinski definition) is 2. The molecule has 9 aromatic heterocycles. The van der Waals surface area contributed by atoms with Crippen LogP contribution >= 0.6 is 11.3 Å². The minimum Gasteiger partial charge on any atom is -0.461 e. The Hall–Kier alpha value is -13.0. The summed E-state index contributed by atoms with van der Waals surface area (Å²) in [6.45, 7) is 43.2. The maximum absolute atomic E-state index is 11.5. The summed E-state index contributed by atoms with van der Waals surface area (Å²) in [6, 6.07) is 104. The van der Waals surface area contributed by atoms with E-state index in [1.165, 1.54) is 91.8 Å². The van der Waals surface area contributed by atoms with Gasteiger partial charge in [0.2, 0.25) is 0 Å². The number of furan rings is 1. The average molecular weight is 1690 g/mol. The lowest BCUT2D eigenvalue weighted by Gasteiger charge is -2.08. The normalized spacial score (nSPS) is 11.1. The number of thiophene rings is 1. The smallest absolute Gasteiger partial charge is 0.326 e. The monoisotopic (exact) mass is 1690 g/mol. The zero-order valence-corrected chi connectivity index (χ0v) is 78.0. The molecule has 0 fully saturated rings. The third kappa shape index (κ3) is 25.4. The standard InChI is InChI=1S/C13H14.3C12H13N.C11H12N2.C11H13N.C11H12O.C11H12S.C10H12N2O.C10H11NO/c1-10(2)12-9-5-7-11-6-3-4-8-13(11)12;1-9(2)10-7-8-13-12-6-4-3-5-11(10)12;1-9(2)11-8-7-10-5-3-4-6-12(10)13-11;1-9(2)12-11-6-4-3-5-10(11)7-8-13-12;1-8(2)11-7-12-9-5-3-4-6-10(9)13-11;3*1-8(2)11-7-9-5-3-4-6-10(9)12-11;1-7(2)12-9-6-4-3-5-8(9)11-10(12)13;1-7(2)10-8-5-3-4-6-9(8)11-12-10/h3-10H,1-2H3;3*3-9H,1-2H3;3-8H,1-2H3;3-8,12H,1-2H3;2*3-8H,1-2H3;3-7H,1-2H3,(H,11,13);3-7H,1-2H3. The van der Waals surface area contributed by atoms with Crippen molar-refractivity contribution in [1.29, 1.82) is 0 Å². The van der Waals surface area contributed by atoms with E-state index in [-0.39, 0.29) is 11.7 Å². The van der Waals surface area contributed by atoms with Crippen molar-refractivity contribution < 1.29 is 8.94 Å². The van der Waals surface area contributed by atoms with Crippen molar-refractivity contribution in [3.05, 3.63) is 383 Å². The molecular weight excluding hydrogens is 1560 g/mol. The largest absolute Gasteiger partial charge is 0.461 e. The molecule has 0 unspecified atom stereocenters. The SMILES string of the molecule is CC(C)c1cc2ccccc2[nH]1.CC(C)c1cc2ccccc2o1.CC(C)c1cc2ccccc2s1.CC(C)c1ccc2ccccc2n1.CC(C)c1cccc2ccccc12.CC(C)c1ccnc2ccccc12.CC(C)c1cnc2ccccc2n1.CC(C)c1nccc2ccccc12.CC(C)c1onc2ccccc12.CC(C)n1c(=O)[nH]c2ccccc21. The summed E-state index contributed by atoms with van der Waals surface area (Å²) in [6.07, 6.45) is 5.63. The quantitative estimate of drug-likeness (QED) is 0.136. The highest BCUT2D eigenvalue weighted by molar-refractivity contribution is 7.19. The maximum Gasteiger partial charge on any atom is 0.326 e. The van der Waals surface area contributed by atoms with Gasteiger partial charge in [0.1, 0.15) is 22.6 Å². The Labute approximate surface area is 748 Å². The Balaban J connectivity index is 0.000000136. The van der Waals surface area contributed by atoms with Crippen LogP contribution in [0, 0.1) is 0 Å². The third-order valence-corrected chi connectivity index (χ3v) is 23.0. The predicted molar refractivity (Wildman–Crippen MR) is 539 cm³/mol. The topological polar surface area (TPSA) is 157 Å². The van der Waals surface area contributed by atoms with Crippen LogP contribution in [0.3, 0.4) is 0 Å². The zero-order chi connectivity index (χ0) is 89.9. The van der Waals surface area contributed by atoms with Crippen LogP contribution in [-0.4, -0.2) is 44.6 Å². The average Bonchev–Trinajstić information content (AvgIpc) is 1.47. The van der Waals surface area contributed by atoms with Crippen LogP contribution in [0.2, 0.25) is 0 Å². The lowest BCUT2D eigenvalue weighted by Crippen LogP contribution is -2.18. The number of benzene rings is 11. The van der Waals surface area contributed by atoms with E-state index >= 15 is 0 Å². The van der Waals surface area contributed by atoms with Gasteiger partial charge in [-0.3, -0.25) is 24.5 Å². The second-order valence-electron chi connectivity index (χ2n) is 34.7. The van der Waals surface area contributed by atoms with Crippen molar-refractivity contribution >= 4 is 120 Å². The van der Waals surface area contributed by atoms with E-state index in [1.54, 1.807) is 4.57 Å². The van der Waals surface area contributed by atoms with Crippen LogP contribution in [0.1, 0.15) is 248 Å². The van der Waals surface area contributed by atoms with Gasteiger partial charge in [-0.25, -0.2) is 9.78 Å². The lowest BCUT2D eigenvalue weighted by molar-refractivity contribution is 0.378. The first-order valence-electron chi connectivity index (χ1n) is 44.5. The summed E-state index contributed by atoms with van der Waals surface area (Å²) < 4.78 is 14.0. The van der Waals surface area contributed by atoms with Gasteiger partial charge in [0.25, 0.3) is 0 Å². The number of hydrogen-bond acceptors (Lipinski definition) is 10. The van der Waals surface area contributed by atoms with Crippen LogP contribution in [0.25, 0.3) is 108 Å². The number of aromatic nitrogens is 9. The van der Waals surface area contributed by atoms with Crippen molar-refractivity contribution in [2.75, 3.05) is 0 Å². The highest BCUT2D eigenvalue weighted by Gasteiger charge is 2.14. The first-order valence-corrected chi connectivity index (χ1v) is 45.3. The van der Waals surface area contributed by atoms with Gasteiger partial charge in [-0.1, -0.05) is 330 Å². The van der Waals surface area contributed by atoms with E-state index in [1.807, 2.05) is 153 Å². The van der Waals surface area contributed by atoms with Gasteiger partial charge in [0.15, 0.2) is 0 Å². The number of H-pyrrole nitrogens is 2. The van der Waals surface area contributed by atoms with Crippen LogP contribution in [0.4, 0.5) is 0 Å². The maximum atomic E-state index is 11.5. The first-order chi connectivity index (χ1) is 60.7. The van der Waals surface area contributed by atoms with Gasteiger partial charge < -0.3 is 18.9 Å². The number of nitrogens with zero attached hydrogens (tertiary/aromatic N) is 7. The summed E-state index contributed by atoms with van der Waals surface area (Å²) in [5, 5.41) is 16.8. The molecule has 0 amide bonds. The highest BCUT2D eigenvalue weighted by atomic mass is 32.1. The van der Waals surface area contributed by atoms with E-state index in [2.05, 4.69) is 359 Å². The van der Waals surface area contributed by atoms with Crippen molar-refractivity contribution in [1.82, 2.24) is 44.6 Å². The van der Waals surface area contributed by atoms with Crippen molar-refractivity contribution in [2.24, 2.45) is 0 Å². The molecule has 0 atom stereocenters. The molecule has 12 nitrogen and oxygen atoms in total. The molecule has 20 aromatic rings. The Kier molecular flexibility index (Phi) is 33.9. The summed E-state index contributed by atoms with van der Waals surface area (Å²) in [7, 11) is 0. The minimum absolute atomic E-state index is 0.0313. The summed E-state index contributed by atoms with van der Waals surface area (Å²) in [5.74, 6) is 6.75. The number of fused-ring (bicyclic) bond motifs is 10. The second kappa shape index (κ2) is 45.6. The number of aromatic amines is 2. The third-order valence-electron chi connectivity index (χ3n) is 21.5. The van der Waals surface area contributed by atoms with E-state index in [0.717, 1.165) is 66.8 Å². The molecule has 646 valence electrons. The fourth-order valence-corrected chi connectivity index (χ4v) is 15.6. The molecule has 2 N–H and O–H groups in total. The molecule has 0 spiro atoms. The van der Waals surface area contributed by atoms with Gasteiger partial charge in [0, 0.05) is 89.9 Å². The van der Waals surface area contributed by atoms with Crippen molar-refractivity contribution in [3.8, 4) is 0 Å². The Morgan fingerprint density at radius 3 is 1.48 bits per heavy atom. The number of imidazole rings is 1. The van der Waals surface area contributed by atoms with Gasteiger partial charge in [0.05, 0.1) is 44.5 Å². The van der Waals surface area contributed by atoms with Crippen molar-refractivity contribution in [2.45, 2.75) is 198 Å². The number of rotatable bonds is 10. The van der Waals surface area contributed by atoms with Crippen LogP contribution < -0.4 is 5.69 Å². The molecule has 0 aliphatic heterocycles. The minimum atomic E-state index is -0.0313. The number of para-hydroxylation sites is 8. The Morgan fingerprint density at radius 1 is 0.333 bits per heavy atom. The molecule has 0 bridgehead atoms. The van der Waals surface area contributed by atoms with Gasteiger partial charge in [-0.05, 0) is 196 Å². The Bertz CT molecular complexity index is 6240. The fourth-order valence-electron chi connectivity index (χ4n) is 14.5. The predicted octanol–water partition coefficient (Wildman–Crippen LogP) is 32.5. The van der Waals surface area contributed by atoms with E-state index in [0.29, 0.717) is 53.3 Å². The van der Waals surface area contributed by atoms with Gasteiger partial charge >= 0.3 is 5.69 Å². The molecule has 0 saturated heterocycles. The molecule has 126 heavy (non-hydrogen) atoms. The Morgan fingerprint density at radius 2 is 0.857 bits per heavy atom. The summed E-state index contributed by atoms with van der Waals surface area (Å²) >= 11 is 1.91. The lowest BCUT2D eigenvalue weighted by atomic mass is 9.96. The first kappa shape index (κ1) is 93.7. The second-order valence-corrected chi connectivity index (χ2v) is 35.8. The van der Waals surface area contributed by atoms with E-state index in [9.17, 15) is 4.79 Å². The molecule has 11 aromatic carbocycles. The van der Waals surface area contributed by atoms with Crippen LogP contribution in [0.15, 0.2) is 336 Å². The summed E-state index contributed by atoms with van der Waals surface area (Å²) in [5.41, 5.74) is 16.7. The van der Waals surface area contributed by atoms with Gasteiger partial charge in [-0.2, -0.15) is 0 Å². The number of nitrogens with one attached hydrogen (secondary N) is 2. The molecule has 20 rings (SSSR count). The molecule has 9 heterocycles. The molecule has 13 heteroatoms. The molecule has 0 aliphatic carbocycles. The zero-order valence-electron chi connectivity index (χ0n) is 77.1. The summed E-state index contributed by atoms with van der Waals surface area (Å²) in [4.78, 5) is 41.3. The van der Waals surface area contributed by atoms with Gasteiger partial charge in [-0.15, -0.1) is 11.3 Å². The molecule has 0 saturated carbocycles. The number of pyridine rings is 3. The highest BCUT2D eigenvalue weighted by Crippen LogP contribution is 2.33. The van der Waals surface area contributed by atoms with E-state index < -0.39 is 0 Å². The fraction of sp³-hybridized carbons (Fsp3) is 0.265.